The van der Waals surface area contributed by atoms with Gasteiger partial charge in [0.15, 0.2) is 0 Å². The third-order valence-corrected chi connectivity index (χ3v) is 5.80. The lowest BCUT2D eigenvalue weighted by molar-refractivity contribution is -0.0385. The predicted molar refractivity (Wildman–Crippen MR) is 92.6 cm³/mol. The van der Waals surface area contributed by atoms with Crippen molar-refractivity contribution >= 4 is 11.3 Å². The number of fused-ring (bicyclic) bond motifs is 1. The Labute approximate surface area is 146 Å². The van der Waals surface area contributed by atoms with E-state index in [0.717, 1.165) is 38.2 Å². The SMILES string of the molecule is CN(Cc1cncnc1)[C@@H]1CN(Cc2nccs2)[C@@H]2CCCO[C@H]12. The number of thiazole rings is 1. The molecule has 24 heavy (non-hydrogen) atoms. The summed E-state index contributed by atoms with van der Waals surface area (Å²) >= 11 is 1.74. The minimum absolute atomic E-state index is 0.286. The summed E-state index contributed by atoms with van der Waals surface area (Å²) in [6, 6.07) is 0.901. The number of aromatic nitrogens is 3. The average molecular weight is 345 g/mol. The topological polar surface area (TPSA) is 54.4 Å². The van der Waals surface area contributed by atoms with Crippen molar-refractivity contribution in [1.82, 2.24) is 24.8 Å². The van der Waals surface area contributed by atoms with E-state index in [0.29, 0.717) is 12.1 Å². The third kappa shape index (κ3) is 3.35. The molecule has 128 valence electrons. The summed E-state index contributed by atoms with van der Waals surface area (Å²) in [5, 5.41) is 3.25. The van der Waals surface area contributed by atoms with Crippen LogP contribution in [0.2, 0.25) is 0 Å². The van der Waals surface area contributed by atoms with Crippen LogP contribution in [0, 0.1) is 0 Å². The number of likely N-dealkylation sites (tertiary alicyclic amines) is 1. The molecular formula is C17H23N5OS. The van der Waals surface area contributed by atoms with E-state index in [1.807, 2.05) is 18.6 Å². The maximum Gasteiger partial charge on any atom is 0.115 e. The van der Waals surface area contributed by atoms with Crippen molar-refractivity contribution in [2.24, 2.45) is 0 Å². The van der Waals surface area contributed by atoms with Crippen molar-refractivity contribution in [3.63, 3.8) is 0 Å². The van der Waals surface area contributed by atoms with Gasteiger partial charge in [0.25, 0.3) is 0 Å². The molecule has 0 saturated carbocycles. The van der Waals surface area contributed by atoms with E-state index in [1.165, 1.54) is 11.4 Å². The number of nitrogens with zero attached hydrogens (tertiary/aromatic N) is 5. The molecule has 0 aromatic carbocycles. The van der Waals surface area contributed by atoms with Crippen LogP contribution in [0.3, 0.4) is 0 Å². The molecule has 4 heterocycles. The fourth-order valence-corrected chi connectivity index (χ4v) is 4.56. The van der Waals surface area contributed by atoms with Gasteiger partial charge in [0.2, 0.25) is 0 Å². The molecule has 0 aliphatic carbocycles. The highest BCUT2D eigenvalue weighted by Gasteiger charge is 2.45. The minimum atomic E-state index is 0.286. The van der Waals surface area contributed by atoms with Crippen LogP contribution in [-0.4, -0.2) is 63.1 Å². The zero-order valence-electron chi connectivity index (χ0n) is 13.9. The highest BCUT2D eigenvalue weighted by Crippen LogP contribution is 2.33. The van der Waals surface area contributed by atoms with Gasteiger partial charge in [0.1, 0.15) is 11.3 Å². The molecule has 0 unspecified atom stereocenters. The van der Waals surface area contributed by atoms with Gasteiger partial charge in [0, 0.05) is 55.3 Å². The molecule has 3 atom stereocenters. The minimum Gasteiger partial charge on any atom is -0.375 e. The molecule has 2 aromatic heterocycles. The Balaban J connectivity index is 1.48. The number of rotatable bonds is 5. The molecule has 0 amide bonds. The summed E-state index contributed by atoms with van der Waals surface area (Å²) in [7, 11) is 2.18. The van der Waals surface area contributed by atoms with Crippen molar-refractivity contribution < 1.29 is 4.74 Å². The second kappa shape index (κ2) is 7.23. The molecule has 7 heteroatoms. The van der Waals surface area contributed by atoms with Crippen molar-refractivity contribution in [2.45, 2.75) is 44.1 Å². The van der Waals surface area contributed by atoms with Crippen LogP contribution in [0.1, 0.15) is 23.4 Å². The Bertz CT molecular complexity index is 638. The van der Waals surface area contributed by atoms with Crippen molar-refractivity contribution in [1.29, 1.82) is 0 Å². The number of hydrogen-bond donors (Lipinski definition) is 0. The lowest BCUT2D eigenvalue weighted by atomic mass is 10.00. The van der Waals surface area contributed by atoms with Crippen molar-refractivity contribution in [3.05, 3.63) is 40.9 Å². The molecule has 6 nitrogen and oxygen atoms in total. The van der Waals surface area contributed by atoms with E-state index < -0.39 is 0 Å². The number of likely N-dealkylation sites (N-methyl/N-ethyl adjacent to an activating group) is 1. The van der Waals surface area contributed by atoms with Gasteiger partial charge in [-0.25, -0.2) is 15.0 Å². The molecule has 0 bridgehead atoms. The summed E-state index contributed by atoms with van der Waals surface area (Å²) in [4.78, 5) is 17.7. The fraction of sp³-hybridized carbons (Fsp3) is 0.588. The highest BCUT2D eigenvalue weighted by atomic mass is 32.1. The maximum atomic E-state index is 6.19. The standard InChI is InChI=1S/C17H23N5OS/c1-21(9-13-7-18-12-19-8-13)15-10-22(11-16-20-4-6-24-16)14-3-2-5-23-17(14)15/h4,6-8,12,14-15,17H,2-3,5,9-11H2,1H3/t14-,15-,17+/m1/s1. The maximum absolute atomic E-state index is 6.19. The van der Waals surface area contributed by atoms with Crippen LogP contribution < -0.4 is 0 Å². The van der Waals surface area contributed by atoms with Crippen LogP contribution in [0.15, 0.2) is 30.3 Å². The molecule has 2 aliphatic rings. The molecule has 2 fully saturated rings. The first-order chi connectivity index (χ1) is 11.8. The van der Waals surface area contributed by atoms with Crippen LogP contribution in [0.4, 0.5) is 0 Å². The Morgan fingerprint density at radius 1 is 1.38 bits per heavy atom. The van der Waals surface area contributed by atoms with Gasteiger partial charge in [-0.1, -0.05) is 0 Å². The lowest BCUT2D eigenvalue weighted by Gasteiger charge is -2.34. The Kier molecular flexibility index (Phi) is 4.84. The van der Waals surface area contributed by atoms with E-state index in [2.05, 4.69) is 37.2 Å². The summed E-state index contributed by atoms with van der Waals surface area (Å²) in [5.41, 5.74) is 1.14. The monoisotopic (exact) mass is 345 g/mol. The second-order valence-corrected chi connectivity index (χ2v) is 7.61. The summed E-state index contributed by atoms with van der Waals surface area (Å²) < 4.78 is 6.19. The predicted octanol–water partition coefficient (Wildman–Crippen LogP) is 1.80. The van der Waals surface area contributed by atoms with Crippen molar-refractivity contribution in [3.8, 4) is 0 Å². The first-order valence-corrected chi connectivity index (χ1v) is 9.37. The Hall–Kier alpha value is -1.41. The van der Waals surface area contributed by atoms with Crippen LogP contribution in [0.25, 0.3) is 0 Å². The van der Waals surface area contributed by atoms with Crippen LogP contribution >= 0.6 is 11.3 Å². The van der Waals surface area contributed by atoms with E-state index in [1.54, 1.807) is 17.7 Å². The Morgan fingerprint density at radius 2 is 2.25 bits per heavy atom. The van der Waals surface area contributed by atoms with E-state index >= 15 is 0 Å². The highest BCUT2D eigenvalue weighted by molar-refractivity contribution is 7.09. The van der Waals surface area contributed by atoms with Gasteiger partial charge in [0.05, 0.1) is 18.7 Å². The lowest BCUT2D eigenvalue weighted by Crippen LogP contribution is -2.46. The molecule has 2 aliphatic heterocycles. The third-order valence-electron chi connectivity index (χ3n) is 5.04. The fourth-order valence-electron chi connectivity index (χ4n) is 3.92. The Morgan fingerprint density at radius 3 is 3.04 bits per heavy atom. The van der Waals surface area contributed by atoms with Crippen LogP contribution in [-0.2, 0) is 17.8 Å². The zero-order valence-corrected chi connectivity index (χ0v) is 14.7. The number of ether oxygens (including phenoxy) is 1. The largest absolute Gasteiger partial charge is 0.375 e. The van der Waals surface area contributed by atoms with Gasteiger partial charge in [-0.2, -0.15) is 0 Å². The van der Waals surface area contributed by atoms with Crippen LogP contribution in [0.5, 0.6) is 0 Å². The first-order valence-electron chi connectivity index (χ1n) is 8.49. The zero-order chi connectivity index (χ0) is 16.4. The molecule has 2 saturated heterocycles. The quantitative estimate of drug-likeness (QED) is 0.824. The number of hydrogen-bond acceptors (Lipinski definition) is 7. The second-order valence-electron chi connectivity index (χ2n) is 6.63. The smallest absolute Gasteiger partial charge is 0.115 e. The average Bonchev–Trinajstić information content (AvgIpc) is 3.25. The normalized spacial score (nSPS) is 27.5. The van der Waals surface area contributed by atoms with Gasteiger partial charge < -0.3 is 4.74 Å². The molecule has 0 N–H and O–H groups in total. The van der Waals surface area contributed by atoms with Gasteiger partial charge in [-0.05, 0) is 19.9 Å². The van der Waals surface area contributed by atoms with Gasteiger partial charge in [-0.3, -0.25) is 9.80 Å². The molecular weight excluding hydrogens is 322 g/mol. The summed E-state index contributed by atoms with van der Waals surface area (Å²) in [5.74, 6) is 0. The van der Waals surface area contributed by atoms with E-state index in [-0.39, 0.29) is 6.10 Å². The molecule has 0 radical (unpaired) electrons. The van der Waals surface area contributed by atoms with E-state index in [9.17, 15) is 0 Å². The van der Waals surface area contributed by atoms with Crippen molar-refractivity contribution in [2.75, 3.05) is 20.2 Å². The first kappa shape index (κ1) is 16.1. The molecule has 4 rings (SSSR count). The molecule has 0 spiro atoms. The molecule has 2 aromatic rings. The van der Waals surface area contributed by atoms with E-state index in [4.69, 9.17) is 4.74 Å². The van der Waals surface area contributed by atoms with Gasteiger partial charge >= 0.3 is 0 Å². The summed E-state index contributed by atoms with van der Waals surface area (Å²) in [6.45, 7) is 3.69. The van der Waals surface area contributed by atoms with Gasteiger partial charge in [-0.15, -0.1) is 11.3 Å². The summed E-state index contributed by atoms with van der Waals surface area (Å²) in [6.07, 6.45) is 9.91.